The van der Waals surface area contributed by atoms with E-state index in [9.17, 15) is 4.79 Å². The summed E-state index contributed by atoms with van der Waals surface area (Å²) >= 11 is 0. The first-order valence-corrected chi connectivity index (χ1v) is 6.10. The summed E-state index contributed by atoms with van der Waals surface area (Å²) in [6.45, 7) is 2.14. The fourth-order valence-electron chi connectivity index (χ4n) is 2.09. The molecule has 1 heterocycles. The van der Waals surface area contributed by atoms with E-state index in [1.807, 2.05) is 12.1 Å². The van der Waals surface area contributed by atoms with Gasteiger partial charge in [0.1, 0.15) is 0 Å². The molecule has 2 rings (SSSR count). The molecule has 1 atom stereocenters. The standard InChI is InChI=1S/C13H19N3O/c14-11-2-4-12(5-3-11)16-13(17)6-1-10-7-8-15-9-10/h2-5,10,15H,1,6-9,14H2,(H,16,17). The van der Waals surface area contributed by atoms with Crippen LogP contribution in [0.4, 0.5) is 11.4 Å². The van der Waals surface area contributed by atoms with Gasteiger partial charge in [0, 0.05) is 17.8 Å². The first-order valence-electron chi connectivity index (χ1n) is 6.10. The summed E-state index contributed by atoms with van der Waals surface area (Å²) in [5.74, 6) is 0.744. The lowest BCUT2D eigenvalue weighted by Crippen LogP contribution is -2.14. The average Bonchev–Trinajstić information content (AvgIpc) is 2.83. The van der Waals surface area contributed by atoms with Gasteiger partial charge in [-0.1, -0.05) is 0 Å². The van der Waals surface area contributed by atoms with Crippen LogP contribution in [0.1, 0.15) is 19.3 Å². The van der Waals surface area contributed by atoms with E-state index in [1.165, 1.54) is 6.42 Å². The van der Waals surface area contributed by atoms with Crippen LogP contribution < -0.4 is 16.4 Å². The number of hydrogen-bond acceptors (Lipinski definition) is 3. The van der Waals surface area contributed by atoms with E-state index >= 15 is 0 Å². The first-order chi connectivity index (χ1) is 8.24. The number of nitrogens with two attached hydrogens (primary N) is 1. The van der Waals surface area contributed by atoms with Crippen molar-refractivity contribution in [1.29, 1.82) is 0 Å². The van der Waals surface area contributed by atoms with Crippen molar-refractivity contribution < 1.29 is 4.79 Å². The molecule has 1 aromatic carbocycles. The lowest BCUT2D eigenvalue weighted by molar-refractivity contribution is -0.116. The number of carbonyl (C=O) groups excluding carboxylic acids is 1. The molecular weight excluding hydrogens is 214 g/mol. The van der Waals surface area contributed by atoms with Crippen molar-refractivity contribution in [1.82, 2.24) is 5.32 Å². The van der Waals surface area contributed by atoms with Gasteiger partial charge < -0.3 is 16.4 Å². The van der Waals surface area contributed by atoms with Crippen LogP contribution in [0.5, 0.6) is 0 Å². The van der Waals surface area contributed by atoms with Crippen molar-refractivity contribution in [2.75, 3.05) is 24.1 Å². The third kappa shape index (κ3) is 3.75. The van der Waals surface area contributed by atoms with Crippen LogP contribution in [0.2, 0.25) is 0 Å². The number of hydrogen-bond donors (Lipinski definition) is 3. The van der Waals surface area contributed by atoms with E-state index in [4.69, 9.17) is 5.73 Å². The monoisotopic (exact) mass is 233 g/mol. The number of anilines is 2. The Morgan fingerprint density at radius 3 is 2.82 bits per heavy atom. The maximum Gasteiger partial charge on any atom is 0.224 e. The molecule has 0 aliphatic carbocycles. The highest BCUT2D eigenvalue weighted by Crippen LogP contribution is 2.16. The zero-order valence-corrected chi connectivity index (χ0v) is 9.91. The van der Waals surface area contributed by atoms with Gasteiger partial charge in [-0.15, -0.1) is 0 Å². The van der Waals surface area contributed by atoms with Gasteiger partial charge in [0.2, 0.25) is 5.91 Å². The Morgan fingerprint density at radius 1 is 1.41 bits per heavy atom. The molecule has 1 aliphatic rings. The second-order valence-corrected chi connectivity index (χ2v) is 4.57. The Bertz CT molecular complexity index is 369. The van der Waals surface area contributed by atoms with Crippen molar-refractivity contribution in [2.45, 2.75) is 19.3 Å². The molecule has 1 unspecified atom stereocenters. The molecule has 1 aromatic rings. The SMILES string of the molecule is Nc1ccc(NC(=O)CCC2CCNC2)cc1. The Hall–Kier alpha value is -1.55. The van der Waals surface area contributed by atoms with Crippen LogP contribution in [-0.2, 0) is 4.79 Å². The Balaban J connectivity index is 1.74. The summed E-state index contributed by atoms with van der Waals surface area (Å²) in [6, 6.07) is 7.22. The van der Waals surface area contributed by atoms with Crippen molar-refractivity contribution in [2.24, 2.45) is 5.92 Å². The van der Waals surface area contributed by atoms with Gasteiger partial charge in [0.05, 0.1) is 0 Å². The zero-order valence-electron chi connectivity index (χ0n) is 9.91. The molecule has 1 saturated heterocycles. The molecule has 0 radical (unpaired) electrons. The van der Waals surface area contributed by atoms with Crippen molar-refractivity contribution >= 4 is 17.3 Å². The largest absolute Gasteiger partial charge is 0.399 e. The summed E-state index contributed by atoms with van der Waals surface area (Å²) in [5.41, 5.74) is 7.10. The quantitative estimate of drug-likeness (QED) is 0.692. The molecule has 0 aromatic heterocycles. The minimum atomic E-state index is 0.0849. The van der Waals surface area contributed by atoms with Crippen molar-refractivity contribution in [3.63, 3.8) is 0 Å². The first kappa shape index (κ1) is 11.9. The maximum absolute atomic E-state index is 11.7. The predicted octanol–water partition coefficient (Wildman–Crippen LogP) is 1.60. The minimum Gasteiger partial charge on any atom is -0.399 e. The van der Waals surface area contributed by atoms with Gasteiger partial charge in [-0.05, 0) is 56.1 Å². The molecular formula is C13H19N3O. The fraction of sp³-hybridized carbons (Fsp3) is 0.462. The predicted molar refractivity (Wildman–Crippen MR) is 69.7 cm³/mol. The van der Waals surface area contributed by atoms with E-state index in [-0.39, 0.29) is 5.91 Å². The minimum absolute atomic E-state index is 0.0849. The summed E-state index contributed by atoms with van der Waals surface area (Å²) in [5, 5.41) is 6.18. The topological polar surface area (TPSA) is 67.1 Å². The molecule has 4 heteroatoms. The third-order valence-corrected chi connectivity index (χ3v) is 3.14. The smallest absolute Gasteiger partial charge is 0.224 e. The molecule has 0 saturated carbocycles. The van der Waals surface area contributed by atoms with Crippen LogP contribution in [0, 0.1) is 5.92 Å². The van der Waals surface area contributed by atoms with Gasteiger partial charge >= 0.3 is 0 Å². The molecule has 0 bridgehead atoms. The molecule has 4 N–H and O–H groups in total. The second kappa shape index (κ2) is 5.68. The van der Waals surface area contributed by atoms with E-state index < -0.39 is 0 Å². The average molecular weight is 233 g/mol. The Kier molecular flexibility index (Phi) is 3.98. The van der Waals surface area contributed by atoms with E-state index in [2.05, 4.69) is 10.6 Å². The second-order valence-electron chi connectivity index (χ2n) is 4.57. The third-order valence-electron chi connectivity index (χ3n) is 3.14. The number of benzene rings is 1. The zero-order chi connectivity index (χ0) is 12.1. The number of rotatable bonds is 4. The van der Waals surface area contributed by atoms with E-state index in [0.717, 1.165) is 25.2 Å². The Morgan fingerprint density at radius 2 is 2.18 bits per heavy atom. The van der Waals surface area contributed by atoms with E-state index in [1.54, 1.807) is 12.1 Å². The highest BCUT2D eigenvalue weighted by Gasteiger charge is 2.15. The van der Waals surface area contributed by atoms with Gasteiger partial charge in [-0.3, -0.25) is 4.79 Å². The van der Waals surface area contributed by atoms with Crippen LogP contribution in [0.15, 0.2) is 24.3 Å². The lowest BCUT2D eigenvalue weighted by Gasteiger charge is -2.08. The summed E-state index contributed by atoms with van der Waals surface area (Å²) < 4.78 is 0. The van der Waals surface area contributed by atoms with Crippen molar-refractivity contribution in [3.05, 3.63) is 24.3 Å². The summed E-state index contributed by atoms with van der Waals surface area (Å²) in [6.07, 6.45) is 2.75. The maximum atomic E-state index is 11.7. The highest BCUT2D eigenvalue weighted by atomic mass is 16.1. The molecule has 17 heavy (non-hydrogen) atoms. The summed E-state index contributed by atoms with van der Waals surface area (Å²) in [7, 11) is 0. The number of nitrogen functional groups attached to an aromatic ring is 1. The number of amides is 1. The van der Waals surface area contributed by atoms with Crippen LogP contribution in [0.25, 0.3) is 0 Å². The molecule has 0 spiro atoms. The van der Waals surface area contributed by atoms with Gasteiger partial charge in [0.25, 0.3) is 0 Å². The lowest BCUT2D eigenvalue weighted by atomic mass is 10.0. The van der Waals surface area contributed by atoms with Gasteiger partial charge in [0.15, 0.2) is 0 Å². The van der Waals surface area contributed by atoms with Crippen LogP contribution >= 0.6 is 0 Å². The molecule has 4 nitrogen and oxygen atoms in total. The molecule has 92 valence electrons. The molecule has 1 fully saturated rings. The summed E-state index contributed by atoms with van der Waals surface area (Å²) in [4.78, 5) is 11.7. The highest BCUT2D eigenvalue weighted by molar-refractivity contribution is 5.90. The normalized spacial score (nSPS) is 19.2. The number of carbonyl (C=O) groups is 1. The van der Waals surface area contributed by atoms with Crippen LogP contribution in [0.3, 0.4) is 0 Å². The number of nitrogens with one attached hydrogen (secondary N) is 2. The molecule has 1 aliphatic heterocycles. The van der Waals surface area contributed by atoms with Crippen molar-refractivity contribution in [3.8, 4) is 0 Å². The van der Waals surface area contributed by atoms with Crippen LogP contribution in [-0.4, -0.2) is 19.0 Å². The van der Waals surface area contributed by atoms with Gasteiger partial charge in [-0.2, -0.15) is 0 Å². The van der Waals surface area contributed by atoms with E-state index in [0.29, 0.717) is 18.0 Å². The Labute approximate surface area is 102 Å². The molecule has 1 amide bonds. The fourth-order valence-corrected chi connectivity index (χ4v) is 2.09. The van der Waals surface area contributed by atoms with Gasteiger partial charge in [-0.25, -0.2) is 0 Å².